The Balaban J connectivity index is 5.99. The number of hydrogen-bond acceptors (Lipinski definition) is 11. The van der Waals surface area contributed by atoms with Crippen LogP contribution in [0.25, 0.3) is 0 Å². The highest BCUT2D eigenvalue weighted by Gasteiger charge is 2.41. The topological polar surface area (TPSA) is 192 Å². The first-order valence-electron chi connectivity index (χ1n) is 33.2. The van der Waals surface area contributed by atoms with Gasteiger partial charge in [0.25, 0.3) is 0 Å². The molecular weight excluding hydrogens is 1020 g/mol. The number of esters is 3. The van der Waals surface area contributed by atoms with Gasteiger partial charge >= 0.3 is 25.7 Å². The summed E-state index contributed by atoms with van der Waals surface area (Å²) in [5.74, 6) is -2.28. The Kier molecular flexibility index (Phi) is 54.0. The third-order valence-electron chi connectivity index (χ3n) is 15.8. The fourth-order valence-electron chi connectivity index (χ4n) is 10.7. The molecule has 468 valence electrons. The Morgan fingerprint density at radius 3 is 1.03 bits per heavy atom. The highest BCUT2D eigenvalue weighted by molar-refractivity contribution is 7.46. The van der Waals surface area contributed by atoms with Crippen LogP contribution in [0.1, 0.15) is 343 Å². The monoisotopic (exact) mass is 1140 g/mol. The van der Waals surface area contributed by atoms with Crippen molar-refractivity contribution in [2.24, 2.45) is 5.92 Å². The molecule has 0 aliphatic heterocycles. The Bertz CT molecular complexity index is 1450. The maximum atomic E-state index is 14.1. The molecule has 0 aromatic carbocycles. The summed E-state index contributed by atoms with van der Waals surface area (Å²) in [5, 5.41) is 10.3. The molecule has 0 fully saturated rings. The van der Waals surface area contributed by atoms with Crippen molar-refractivity contribution in [1.29, 1.82) is 0 Å². The highest BCUT2D eigenvalue weighted by atomic mass is 31.2. The number of ketones is 1. The summed E-state index contributed by atoms with van der Waals surface area (Å²) in [6.45, 7) is 9.89. The SMILES string of the molecule is CCCCCCCCCCCCCC(=O)OC(CCCCCCCCCCC)CC(=O)CCC(C)C(OC(=O)CC(CCCCCCCCCCC)OC(=O)CCCCCCCCCCCCC)C(OP(=O)(O)O)C(CO)OC. The van der Waals surface area contributed by atoms with E-state index in [-0.39, 0.29) is 49.8 Å². The maximum Gasteiger partial charge on any atom is 0.470 e. The number of carbonyl (C=O) groups excluding carboxylic acids is 4. The van der Waals surface area contributed by atoms with Gasteiger partial charge in [-0.3, -0.25) is 23.7 Å². The summed E-state index contributed by atoms with van der Waals surface area (Å²) in [7, 11) is -3.97. The van der Waals surface area contributed by atoms with Crippen LogP contribution in [0.5, 0.6) is 0 Å². The number of rotatable bonds is 61. The lowest BCUT2D eigenvalue weighted by molar-refractivity contribution is -0.172. The average Bonchev–Trinajstić information content (AvgIpc) is 3.43. The van der Waals surface area contributed by atoms with Crippen molar-refractivity contribution in [3.05, 3.63) is 0 Å². The number of Topliss-reactive ketones (excluding diaryl/α,β-unsaturated/α-hetero) is 1. The summed E-state index contributed by atoms with van der Waals surface area (Å²) in [6.07, 6.45) is 41.7. The van der Waals surface area contributed by atoms with Gasteiger partial charge in [0, 0.05) is 32.8 Å². The van der Waals surface area contributed by atoms with Crippen LogP contribution in [0.4, 0.5) is 0 Å². The predicted molar refractivity (Wildman–Crippen MR) is 323 cm³/mol. The van der Waals surface area contributed by atoms with Gasteiger partial charge in [0.2, 0.25) is 0 Å². The van der Waals surface area contributed by atoms with Crippen molar-refractivity contribution < 1.29 is 62.1 Å². The van der Waals surface area contributed by atoms with Crippen LogP contribution < -0.4 is 0 Å². The summed E-state index contributed by atoms with van der Waals surface area (Å²) in [6, 6.07) is 0. The summed E-state index contributed by atoms with van der Waals surface area (Å²) < 4.78 is 41.2. The van der Waals surface area contributed by atoms with Crippen LogP contribution >= 0.6 is 7.82 Å². The van der Waals surface area contributed by atoms with E-state index in [1.165, 1.54) is 168 Å². The fraction of sp³-hybridized carbons (Fsp3) is 0.938. The molecule has 6 unspecified atom stereocenters. The van der Waals surface area contributed by atoms with E-state index in [2.05, 4.69) is 27.7 Å². The molecule has 0 aliphatic rings. The van der Waals surface area contributed by atoms with Gasteiger partial charge in [-0.25, -0.2) is 4.57 Å². The minimum atomic E-state index is -5.23. The Morgan fingerprint density at radius 2 is 0.709 bits per heavy atom. The zero-order valence-electron chi connectivity index (χ0n) is 52.0. The number of hydrogen-bond donors (Lipinski definition) is 3. The smallest absolute Gasteiger partial charge is 0.462 e. The molecule has 0 amide bonds. The minimum absolute atomic E-state index is 0.0108. The lowest BCUT2D eigenvalue weighted by atomic mass is 9.90. The number of aliphatic hydroxyl groups excluding tert-OH is 1. The number of aliphatic hydroxyl groups is 1. The van der Waals surface area contributed by atoms with E-state index in [1.807, 2.05) is 0 Å². The van der Waals surface area contributed by atoms with E-state index in [4.69, 9.17) is 23.5 Å². The van der Waals surface area contributed by atoms with Crippen LogP contribution in [0.2, 0.25) is 0 Å². The van der Waals surface area contributed by atoms with E-state index in [0.717, 1.165) is 89.9 Å². The maximum absolute atomic E-state index is 14.1. The zero-order valence-corrected chi connectivity index (χ0v) is 52.9. The second kappa shape index (κ2) is 55.3. The third kappa shape index (κ3) is 49.3. The molecule has 0 spiro atoms. The summed E-state index contributed by atoms with van der Waals surface area (Å²) in [5.41, 5.74) is 0. The molecule has 0 bridgehead atoms. The number of phosphoric ester groups is 1. The Hall–Kier alpha value is -1.89. The van der Waals surface area contributed by atoms with E-state index in [9.17, 15) is 38.6 Å². The molecule has 0 aliphatic carbocycles. The predicted octanol–water partition coefficient (Wildman–Crippen LogP) is 18.2. The van der Waals surface area contributed by atoms with E-state index in [1.54, 1.807) is 6.92 Å². The molecule has 0 rings (SSSR count). The van der Waals surface area contributed by atoms with Crippen LogP contribution in [-0.2, 0) is 47.2 Å². The van der Waals surface area contributed by atoms with Crippen LogP contribution in [0.3, 0.4) is 0 Å². The van der Waals surface area contributed by atoms with Crippen LogP contribution in [-0.4, -0.2) is 82.8 Å². The van der Waals surface area contributed by atoms with Gasteiger partial charge in [-0.2, -0.15) is 0 Å². The lowest BCUT2D eigenvalue weighted by Crippen LogP contribution is -2.48. The Morgan fingerprint density at radius 1 is 0.392 bits per heavy atom. The zero-order chi connectivity index (χ0) is 58.5. The highest BCUT2D eigenvalue weighted by Crippen LogP contribution is 2.41. The second-order valence-electron chi connectivity index (χ2n) is 23.5. The normalized spacial score (nSPS) is 14.1. The molecule has 79 heavy (non-hydrogen) atoms. The first kappa shape index (κ1) is 77.1. The largest absolute Gasteiger partial charge is 0.470 e. The number of ether oxygens (including phenoxy) is 4. The van der Waals surface area contributed by atoms with Crippen molar-refractivity contribution >= 4 is 31.5 Å². The molecule has 13 nitrogen and oxygen atoms in total. The second-order valence-corrected chi connectivity index (χ2v) is 24.7. The van der Waals surface area contributed by atoms with Crippen molar-refractivity contribution in [3.63, 3.8) is 0 Å². The van der Waals surface area contributed by atoms with Crippen molar-refractivity contribution in [2.45, 2.75) is 373 Å². The fourth-order valence-corrected chi connectivity index (χ4v) is 11.3. The van der Waals surface area contributed by atoms with E-state index in [0.29, 0.717) is 25.7 Å². The first-order valence-corrected chi connectivity index (χ1v) is 34.8. The molecule has 0 aromatic rings. The Labute approximate surface area is 484 Å². The molecule has 0 radical (unpaired) electrons. The molecule has 0 saturated heterocycles. The molecular formula is C65H125O13P. The quantitative estimate of drug-likeness (QED) is 0.0226. The van der Waals surface area contributed by atoms with Crippen molar-refractivity contribution in [1.82, 2.24) is 0 Å². The molecule has 0 aromatic heterocycles. The number of methoxy groups -OCH3 is 1. The van der Waals surface area contributed by atoms with E-state index < -0.39 is 56.8 Å². The number of phosphoric acid groups is 1. The van der Waals surface area contributed by atoms with E-state index >= 15 is 0 Å². The van der Waals surface area contributed by atoms with Gasteiger partial charge in [-0.15, -0.1) is 0 Å². The number of unbranched alkanes of at least 4 members (excludes halogenated alkanes) is 36. The van der Waals surface area contributed by atoms with Gasteiger partial charge in [0.15, 0.2) is 0 Å². The van der Waals surface area contributed by atoms with Gasteiger partial charge in [-0.05, 0) is 50.9 Å². The van der Waals surface area contributed by atoms with Crippen molar-refractivity contribution in [3.8, 4) is 0 Å². The lowest BCUT2D eigenvalue weighted by Gasteiger charge is -2.35. The average molecular weight is 1150 g/mol. The van der Waals surface area contributed by atoms with Crippen LogP contribution in [0, 0.1) is 5.92 Å². The molecule has 6 atom stereocenters. The van der Waals surface area contributed by atoms with Gasteiger partial charge in [0.05, 0.1) is 13.0 Å². The van der Waals surface area contributed by atoms with Crippen molar-refractivity contribution in [2.75, 3.05) is 13.7 Å². The first-order chi connectivity index (χ1) is 38.2. The molecule has 3 N–H and O–H groups in total. The van der Waals surface area contributed by atoms with Gasteiger partial charge in [0.1, 0.15) is 36.3 Å². The molecule has 0 heterocycles. The van der Waals surface area contributed by atoms with Gasteiger partial charge < -0.3 is 33.8 Å². The minimum Gasteiger partial charge on any atom is -0.462 e. The molecule has 0 saturated carbocycles. The summed E-state index contributed by atoms with van der Waals surface area (Å²) in [4.78, 5) is 74.6. The van der Waals surface area contributed by atoms with Gasteiger partial charge in [-0.1, -0.05) is 266 Å². The third-order valence-corrected chi connectivity index (χ3v) is 16.3. The standard InChI is InChI=1S/C65H125O13P/c1-7-11-15-19-23-27-29-33-37-41-45-49-61(68)75-58(47-43-39-35-31-25-21-17-13-9-3)53-57(67)52-51-56(5)64(65(60(55-66)74-6)78-79(71,72)73)77-63(70)54-59(48-44-40-36-32-26-22-18-14-10-4)76-62(69)50-46-42-38-34-30-28-24-20-16-12-8-2/h56,58-60,64-66H,7-55H2,1-6H3,(H2,71,72,73). The van der Waals surface area contributed by atoms with Crippen LogP contribution in [0.15, 0.2) is 0 Å². The number of carbonyl (C=O) groups is 4. The molecule has 14 heteroatoms. The summed E-state index contributed by atoms with van der Waals surface area (Å²) >= 11 is 0.